The van der Waals surface area contributed by atoms with Crippen LogP contribution in [-0.2, 0) is 4.74 Å². The Morgan fingerprint density at radius 3 is 2.43 bits per heavy atom. The molecule has 0 aromatic rings. The number of ether oxygens (including phenoxy) is 1. The topological polar surface area (TPSA) is 12.5 Å². The largest absolute Gasteiger partial charge is 0.380 e. The molecule has 0 saturated carbocycles. The third-order valence-electron chi connectivity index (χ3n) is 3.71. The summed E-state index contributed by atoms with van der Waals surface area (Å²) in [4.78, 5) is 2.68. The van der Waals surface area contributed by atoms with Crippen LogP contribution in [-0.4, -0.2) is 35.7 Å². The van der Waals surface area contributed by atoms with Crippen molar-refractivity contribution in [2.75, 3.05) is 19.8 Å². The molecule has 0 aliphatic carbocycles. The zero-order chi connectivity index (χ0) is 10.2. The van der Waals surface area contributed by atoms with Gasteiger partial charge in [-0.15, -0.1) is 0 Å². The van der Waals surface area contributed by atoms with Gasteiger partial charge in [0, 0.05) is 17.7 Å². The molecule has 0 aromatic carbocycles. The summed E-state index contributed by atoms with van der Waals surface area (Å²) in [5, 5.41) is 0. The summed E-state index contributed by atoms with van der Waals surface area (Å²) in [6.45, 7) is 10.2. The number of hydrogen-bond acceptors (Lipinski definition) is 2. The SMILES string of the molecule is CC(C)(C)N1CCCC12CCCOC2. The quantitative estimate of drug-likeness (QED) is 0.591. The van der Waals surface area contributed by atoms with Gasteiger partial charge in [0.25, 0.3) is 0 Å². The minimum absolute atomic E-state index is 0.303. The average Bonchev–Trinajstić information content (AvgIpc) is 2.49. The van der Waals surface area contributed by atoms with Crippen molar-refractivity contribution in [2.45, 2.75) is 57.5 Å². The molecule has 2 aliphatic heterocycles. The first-order valence-electron chi connectivity index (χ1n) is 5.90. The van der Waals surface area contributed by atoms with Crippen molar-refractivity contribution in [1.82, 2.24) is 4.90 Å². The summed E-state index contributed by atoms with van der Waals surface area (Å²) >= 11 is 0. The Morgan fingerprint density at radius 1 is 1.14 bits per heavy atom. The summed E-state index contributed by atoms with van der Waals surface area (Å²) in [5.74, 6) is 0. The third kappa shape index (κ3) is 1.70. The van der Waals surface area contributed by atoms with Crippen molar-refractivity contribution in [1.29, 1.82) is 0 Å². The van der Waals surface area contributed by atoms with Crippen molar-refractivity contribution in [3.8, 4) is 0 Å². The van der Waals surface area contributed by atoms with Crippen molar-refractivity contribution >= 4 is 0 Å². The van der Waals surface area contributed by atoms with Gasteiger partial charge in [-0.3, -0.25) is 4.90 Å². The maximum atomic E-state index is 5.69. The molecule has 2 heteroatoms. The summed E-state index contributed by atoms with van der Waals surface area (Å²) in [6.07, 6.45) is 5.27. The molecule has 2 saturated heterocycles. The van der Waals surface area contributed by atoms with Gasteiger partial charge in [0.1, 0.15) is 0 Å². The van der Waals surface area contributed by atoms with Crippen LogP contribution in [0.15, 0.2) is 0 Å². The van der Waals surface area contributed by atoms with Crippen LogP contribution in [0.5, 0.6) is 0 Å². The monoisotopic (exact) mass is 197 g/mol. The highest BCUT2D eigenvalue weighted by atomic mass is 16.5. The minimum Gasteiger partial charge on any atom is -0.380 e. The van der Waals surface area contributed by atoms with Crippen LogP contribution in [0.25, 0.3) is 0 Å². The second kappa shape index (κ2) is 3.49. The Balaban J connectivity index is 2.16. The number of nitrogens with zero attached hydrogens (tertiary/aromatic N) is 1. The predicted octanol–water partition coefficient (Wildman–Crippen LogP) is 2.43. The highest BCUT2D eigenvalue weighted by molar-refractivity contribution is 5.01. The molecule has 2 rings (SSSR count). The molecule has 2 aliphatic rings. The van der Waals surface area contributed by atoms with E-state index in [4.69, 9.17) is 4.74 Å². The van der Waals surface area contributed by atoms with E-state index in [2.05, 4.69) is 25.7 Å². The van der Waals surface area contributed by atoms with E-state index >= 15 is 0 Å². The van der Waals surface area contributed by atoms with E-state index in [1.54, 1.807) is 0 Å². The lowest BCUT2D eigenvalue weighted by atomic mass is 9.86. The molecule has 0 radical (unpaired) electrons. The molecule has 1 unspecified atom stereocenters. The highest BCUT2D eigenvalue weighted by Crippen LogP contribution is 2.40. The third-order valence-corrected chi connectivity index (χ3v) is 3.71. The molecule has 0 aromatic heterocycles. The van der Waals surface area contributed by atoms with Gasteiger partial charge in [-0.25, -0.2) is 0 Å². The molecule has 0 N–H and O–H groups in total. The fourth-order valence-corrected chi connectivity index (χ4v) is 3.23. The zero-order valence-electron chi connectivity index (χ0n) is 9.81. The molecule has 2 heterocycles. The molecule has 2 nitrogen and oxygen atoms in total. The van der Waals surface area contributed by atoms with Gasteiger partial charge < -0.3 is 4.74 Å². The van der Waals surface area contributed by atoms with Gasteiger partial charge in [-0.2, -0.15) is 0 Å². The average molecular weight is 197 g/mol. The van der Waals surface area contributed by atoms with Crippen molar-refractivity contribution < 1.29 is 4.74 Å². The predicted molar refractivity (Wildman–Crippen MR) is 58.5 cm³/mol. The second-order valence-electron chi connectivity index (χ2n) is 5.81. The van der Waals surface area contributed by atoms with Crippen molar-refractivity contribution in [3.63, 3.8) is 0 Å². The summed E-state index contributed by atoms with van der Waals surface area (Å²) in [7, 11) is 0. The van der Waals surface area contributed by atoms with Crippen LogP contribution in [0.1, 0.15) is 46.5 Å². The fourth-order valence-electron chi connectivity index (χ4n) is 3.23. The van der Waals surface area contributed by atoms with E-state index in [1.807, 2.05) is 0 Å². The van der Waals surface area contributed by atoms with Crippen LogP contribution in [0.2, 0.25) is 0 Å². The van der Waals surface area contributed by atoms with Crippen LogP contribution in [0.3, 0.4) is 0 Å². The molecule has 82 valence electrons. The Hall–Kier alpha value is -0.0800. The normalized spacial score (nSPS) is 35.4. The van der Waals surface area contributed by atoms with Crippen molar-refractivity contribution in [3.05, 3.63) is 0 Å². The molecular formula is C12H23NO. The van der Waals surface area contributed by atoms with Crippen molar-refractivity contribution in [2.24, 2.45) is 0 Å². The smallest absolute Gasteiger partial charge is 0.0650 e. The van der Waals surface area contributed by atoms with Gasteiger partial charge in [-0.05, 0) is 53.0 Å². The Kier molecular flexibility index (Phi) is 2.61. The molecular weight excluding hydrogens is 174 g/mol. The first-order valence-corrected chi connectivity index (χ1v) is 5.90. The van der Waals surface area contributed by atoms with E-state index in [0.29, 0.717) is 11.1 Å². The molecule has 2 fully saturated rings. The standard InChI is InChI=1S/C12H23NO/c1-11(2,3)13-8-4-6-12(13)7-5-9-14-10-12/h4-10H2,1-3H3. The van der Waals surface area contributed by atoms with E-state index in [0.717, 1.165) is 13.2 Å². The maximum Gasteiger partial charge on any atom is 0.0650 e. The fraction of sp³-hybridized carbons (Fsp3) is 1.00. The van der Waals surface area contributed by atoms with Gasteiger partial charge in [0.15, 0.2) is 0 Å². The summed E-state index contributed by atoms with van der Waals surface area (Å²) in [5.41, 5.74) is 0.688. The second-order valence-corrected chi connectivity index (χ2v) is 5.81. The van der Waals surface area contributed by atoms with Crippen LogP contribution in [0, 0.1) is 0 Å². The van der Waals surface area contributed by atoms with E-state index in [1.165, 1.54) is 32.2 Å². The Labute approximate surface area is 87.6 Å². The van der Waals surface area contributed by atoms with Gasteiger partial charge in [-0.1, -0.05) is 0 Å². The lowest BCUT2D eigenvalue weighted by Gasteiger charge is -2.48. The number of hydrogen-bond donors (Lipinski definition) is 0. The maximum absolute atomic E-state index is 5.69. The lowest BCUT2D eigenvalue weighted by molar-refractivity contribution is -0.0621. The van der Waals surface area contributed by atoms with Crippen LogP contribution >= 0.6 is 0 Å². The lowest BCUT2D eigenvalue weighted by Crippen LogP contribution is -2.57. The summed E-state index contributed by atoms with van der Waals surface area (Å²) in [6, 6.07) is 0. The van der Waals surface area contributed by atoms with E-state index in [-0.39, 0.29) is 0 Å². The van der Waals surface area contributed by atoms with Gasteiger partial charge in [0.05, 0.1) is 6.61 Å². The minimum atomic E-state index is 0.303. The molecule has 0 amide bonds. The molecule has 14 heavy (non-hydrogen) atoms. The summed E-state index contributed by atoms with van der Waals surface area (Å²) < 4.78 is 5.69. The van der Waals surface area contributed by atoms with Gasteiger partial charge >= 0.3 is 0 Å². The Morgan fingerprint density at radius 2 is 1.86 bits per heavy atom. The highest BCUT2D eigenvalue weighted by Gasteiger charge is 2.46. The van der Waals surface area contributed by atoms with E-state index < -0.39 is 0 Å². The number of rotatable bonds is 0. The Bertz CT molecular complexity index is 201. The van der Waals surface area contributed by atoms with Crippen LogP contribution in [0.4, 0.5) is 0 Å². The molecule has 1 spiro atoms. The molecule has 0 bridgehead atoms. The zero-order valence-corrected chi connectivity index (χ0v) is 9.81. The first kappa shape index (κ1) is 10.4. The van der Waals surface area contributed by atoms with Crippen LogP contribution < -0.4 is 0 Å². The van der Waals surface area contributed by atoms with E-state index in [9.17, 15) is 0 Å². The van der Waals surface area contributed by atoms with Gasteiger partial charge in [0.2, 0.25) is 0 Å². The molecule has 1 atom stereocenters. The first-order chi connectivity index (χ1) is 6.55. The number of likely N-dealkylation sites (tertiary alicyclic amines) is 1.